The predicted molar refractivity (Wildman–Crippen MR) is 60.8 cm³/mol. The Morgan fingerprint density at radius 2 is 2.15 bits per heavy atom. The molecule has 0 spiro atoms. The molecule has 1 saturated carbocycles. The van der Waals surface area contributed by atoms with E-state index in [1.54, 1.807) is 0 Å². The van der Waals surface area contributed by atoms with E-state index in [4.69, 9.17) is 5.11 Å². The summed E-state index contributed by atoms with van der Waals surface area (Å²) in [7, 11) is 0. The molecule has 0 bridgehead atoms. The first-order chi connectivity index (χ1) is 9.38. The summed E-state index contributed by atoms with van der Waals surface area (Å²) in [5.74, 6) is -2.33. The van der Waals surface area contributed by atoms with Crippen molar-refractivity contribution in [3.63, 3.8) is 0 Å². The van der Waals surface area contributed by atoms with E-state index in [1.807, 2.05) is 0 Å². The molecule has 0 aliphatic heterocycles. The van der Waals surface area contributed by atoms with Gasteiger partial charge >= 0.3 is 12.1 Å². The van der Waals surface area contributed by atoms with Gasteiger partial charge in [0.15, 0.2) is 5.82 Å². The maximum absolute atomic E-state index is 12.8. The Kier molecular flexibility index (Phi) is 4.24. The third-order valence-electron chi connectivity index (χ3n) is 3.60. The van der Waals surface area contributed by atoms with Gasteiger partial charge < -0.3 is 5.11 Å². The van der Waals surface area contributed by atoms with Gasteiger partial charge in [-0.3, -0.25) is 4.79 Å². The van der Waals surface area contributed by atoms with Gasteiger partial charge in [0.2, 0.25) is 0 Å². The molecule has 1 aliphatic rings. The smallest absolute Gasteiger partial charge is 0.391 e. The highest BCUT2D eigenvalue weighted by Crippen LogP contribution is 2.42. The Labute approximate surface area is 113 Å². The average molecular weight is 292 g/mol. The molecule has 0 aromatic carbocycles. The zero-order valence-electron chi connectivity index (χ0n) is 10.7. The van der Waals surface area contributed by atoms with Crippen LogP contribution in [0.3, 0.4) is 0 Å². The summed E-state index contributed by atoms with van der Waals surface area (Å²) in [6.45, 7) is 0.0743. The van der Waals surface area contributed by atoms with Gasteiger partial charge in [-0.25, -0.2) is 4.68 Å². The van der Waals surface area contributed by atoms with Crippen molar-refractivity contribution in [3.8, 4) is 0 Å². The lowest BCUT2D eigenvalue weighted by Crippen LogP contribution is -2.29. The van der Waals surface area contributed by atoms with E-state index in [0.29, 0.717) is 18.7 Å². The molecule has 1 N–H and O–H groups in total. The summed E-state index contributed by atoms with van der Waals surface area (Å²) in [4.78, 5) is 10.5. The van der Waals surface area contributed by atoms with Crippen LogP contribution in [0.25, 0.3) is 0 Å². The lowest BCUT2D eigenvalue weighted by molar-refractivity contribution is -0.183. The first-order valence-corrected chi connectivity index (χ1v) is 6.42. The highest BCUT2D eigenvalue weighted by atomic mass is 19.4. The fourth-order valence-corrected chi connectivity index (χ4v) is 2.59. The first-order valence-electron chi connectivity index (χ1n) is 6.42. The Balaban J connectivity index is 2.07. The second kappa shape index (κ2) is 5.76. The third-order valence-corrected chi connectivity index (χ3v) is 3.60. The second-order valence-corrected chi connectivity index (χ2v) is 5.01. The maximum Gasteiger partial charge on any atom is 0.391 e. The minimum atomic E-state index is -4.20. The van der Waals surface area contributed by atoms with Crippen LogP contribution in [0.15, 0.2) is 0 Å². The molecule has 2 atom stereocenters. The van der Waals surface area contributed by atoms with Crippen molar-refractivity contribution in [1.82, 2.24) is 20.2 Å². The average Bonchev–Trinajstić information content (AvgIpc) is 2.83. The zero-order valence-corrected chi connectivity index (χ0v) is 10.7. The predicted octanol–water partition coefficient (Wildman–Crippen LogP) is 1.98. The first kappa shape index (κ1) is 14.7. The van der Waals surface area contributed by atoms with Crippen molar-refractivity contribution in [2.75, 3.05) is 0 Å². The molecule has 20 heavy (non-hydrogen) atoms. The molecule has 0 saturated heterocycles. The lowest BCUT2D eigenvalue weighted by Gasteiger charge is -2.29. The molecule has 6 nitrogen and oxygen atoms in total. The second-order valence-electron chi connectivity index (χ2n) is 5.01. The number of hydrogen-bond donors (Lipinski definition) is 1. The van der Waals surface area contributed by atoms with Gasteiger partial charge in [0, 0.05) is 5.92 Å². The van der Waals surface area contributed by atoms with Crippen LogP contribution < -0.4 is 0 Å². The van der Waals surface area contributed by atoms with Crippen molar-refractivity contribution in [3.05, 3.63) is 5.82 Å². The van der Waals surface area contributed by atoms with Crippen molar-refractivity contribution in [2.24, 2.45) is 5.92 Å². The highest BCUT2D eigenvalue weighted by molar-refractivity contribution is 5.66. The molecule has 2 unspecified atom stereocenters. The fraction of sp³-hybridized carbons (Fsp3) is 0.818. The van der Waals surface area contributed by atoms with E-state index in [-0.39, 0.29) is 31.7 Å². The summed E-state index contributed by atoms with van der Waals surface area (Å²) in [6, 6.07) is 0. The lowest BCUT2D eigenvalue weighted by atomic mass is 9.80. The van der Waals surface area contributed by atoms with Crippen LogP contribution in [-0.4, -0.2) is 37.5 Å². The van der Waals surface area contributed by atoms with Crippen LogP contribution in [0, 0.1) is 5.92 Å². The summed E-state index contributed by atoms with van der Waals surface area (Å²) in [6.07, 6.45) is -3.18. The third kappa shape index (κ3) is 3.45. The topological polar surface area (TPSA) is 80.9 Å². The fourth-order valence-electron chi connectivity index (χ4n) is 2.59. The van der Waals surface area contributed by atoms with E-state index in [9.17, 15) is 18.0 Å². The van der Waals surface area contributed by atoms with Crippen molar-refractivity contribution < 1.29 is 23.1 Å². The highest BCUT2D eigenvalue weighted by Gasteiger charge is 2.43. The summed E-state index contributed by atoms with van der Waals surface area (Å²) in [5.41, 5.74) is 0. The number of carbonyl (C=O) groups is 1. The molecular weight excluding hydrogens is 277 g/mol. The molecule has 0 amide bonds. The quantitative estimate of drug-likeness (QED) is 0.917. The van der Waals surface area contributed by atoms with Gasteiger partial charge in [-0.05, 0) is 29.7 Å². The number of aliphatic carboxylic acids is 1. The normalized spacial score (nSPS) is 23.8. The monoisotopic (exact) mass is 292 g/mol. The number of tetrazole rings is 1. The Morgan fingerprint density at radius 3 is 2.80 bits per heavy atom. The molecule has 112 valence electrons. The number of carboxylic acid groups (broad SMARTS) is 1. The number of aromatic nitrogens is 4. The van der Waals surface area contributed by atoms with Crippen molar-refractivity contribution >= 4 is 5.97 Å². The molecular formula is C11H15F3N4O2. The largest absolute Gasteiger partial charge is 0.481 e. The number of nitrogens with zero attached hydrogens (tertiary/aromatic N) is 4. The summed E-state index contributed by atoms with van der Waals surface area (Å²) in [5, 5.41) is 19.5. The van der Waals surface area contributed by atoms with Crippen molar-refractivity contribution in [1.29, 1.82) is 0 Å². The number of halogens is 3. The number of carboxylic acids is 1. The number of aryl methyl sites for hydroxylation is 1. The number of hydrogen-bond acceptors (Lipinski definition) is 4. The number of alkyl halides is 3. The van der Waals surface area contributed by atoms with E-state index < -0.39 is 18.1 Å². The van der Waals surface area contributed by atoms with Gasteiger partial charge in [0.25, 0.3) is 0 Å². The Hall–Kier alpha value is -1.67. The molecule has 0 radical (unpaired) electrons. The molecule has 1 aliphatic carbocycles. The Morgan fingerprint density at radius 1 is 1.40 bits per heavy atom. The minimum Gasteiger partial charge on any atom is -0.481 e. The molecule has 1 heterocycles. The van der Waals surface area contributed by atoms with Gasteiger partial charge in [-0.2, -0.15) is 13.2 Å². The van der Waals surface area contributed by atoms with Crippen molar-refractivity contribution in [2.45, 2.75) is 50.7 Å². The van der Waals surface area contributed by atoms with Crippen LogP contribution in [0.2, 0.25) is 0 Å². The molecule has 1 aromatic rings. The van der Waals surface area contributed by atoms with Gasteiger partial charge in [0.05, 0.1) is 18.9 Å². The Bertz CT molecular complexity index is 474. The zero-order chi connectivity index (χ0) is 14.8. The van der Waals surface area contributed by atoms with Gasteiger partial charge in [-0.1, -0.05) is 6.42 Å². The van der Waals surface area contributed by atoms with E-state index in [1.165, 1.54) is 4.68 Å². The van der Waals surface area contributed by atoms with Crippen LogP contribution >= 0.6 is 0 Å². The van der Waals surface area contributed by atoms with Gasteiger partial charge in [0.1, 0.15) is 0 Å². The van der Waals surface area contributed by atoms with Gasteiger partial charge in [-0.15, -0.1) is 5.10 Å². The number of rotatable bonds is 4. The molecule has 2 rings (SSSR count). The van der Waals surface area contributed by atoms with Crippen LogP contribution in [0.1, 0.15) is 43.8 Å². The maximum atomic E-state index is 12.8. The van der Waals surface area contributed by atoms with Crippen LogP contribution in [-0.2, 0) is 11.3 Å². The van der Waals surface area contributed by atoms with E-state index >= 15 is 0 Å². The van der Waals surface area contributed by atoms with Crippen LogP contribution in [0.4, 0.5) is 13.2 Å². The molecule has 1 fully saturated rings. The minimum absolute atomic E-state index is 0.0308. The molecule has 1 aromatic heterocycles. The molecule has 9 heteroatoms. The standard InChI is InChI=1S/C11H15F3N4O2/c12-11(13,14)8-3-1-2-7(6-8)10-15-16-17-18(10)5-4-9(19)20/h7-8H,1-6H2,(H,19,20). The summed E-state index contributed by atoms with van der Waals surface area (Å²) < 4.78 is 39.6. The van der Waals surface area contributed by atoms with Crippen LogP contribution in [0.5, 0.6) is 0 Å². The summed E-state index contributed by atoms with van der Waals surface area (Å²) >= 11 is 0. The van der Waals surface area contributed by atoms with E-state index in [2.05, 4.69) is 15.5 Å². The van der Waals surface area contributed by atoms with E-state index in [0.717, 1.165) is 0 Å². The SMILES string of the molecule is O=C(O)CCn1nnnc1C1CCCC(C(F)(F)F)C1.